The van der Waals surface area contributed by atoms with Crippen molar-refractivity contribution in [3.63, 3.8) is 0 Å². The van der Waals surface area contributed by atoms with Crippen LogP contribution in [0.3, 0.4) is 0 Å². The Hall–Kier alpha value is -6.44. The predicted octanol–water partition coefficient (Wildman–Crippen LogP) is 15.3. The molecule has 0 heterocycles. The average Bonchev–Trinajstić information content (AvgIpc) is 3.25. The third-order valence-electron chi connectivity index (χ3n) is 9.57. The molecule has 0 bridgehead atoms. The van der Waals surface area contributed by atoms with Crippen LogP contribution in [0.5, 0.6) is 0 Å². The second kappa shape index (κ2) is 17.2. The number of benzene rings is 8. The molecule has 0 unspecified atom stereocenters. The Morgan fingerprint density at radius 3 is 1.19 bits per heavy atom. The van der Waals surface area contributed by atoms with E-state index in [2.05, 4.69) is 231 Å². The predicted molar refractivity (Wildman–Crippen MR) is 229 cm³/mol. The third kappa shape index (κ3) is 8.22. The SMILES string of the molecule is CCCC.c1ccc(-c2cccc(N(c3cccc(-c4ccccc4)c3)c3ccccc3-c3ccc(-c4ccccc4)c(-c4ccccc4)c3)c2)cc1. The van der Waals surface area contributed by atoms with Crippen molar-refractivity contribution in [2.75, 3.05) is 4.90 Å². The minimum atomic E-state index is 1.10. The summed E-state index contributed by atoms with van der Waals surface area (Å²) in [4.78, 5) is 2.40. The van der Waals surface area contributed by atoms with Gasteiger partial charge in [-0.2, -0.15) is 0 Å². The van der Waals surface area contributed by atoms with E-state index in [-0.39, 0.29) is 0 Å². The van der Waals surface area contributed by atoms with E-state index in [1.165, 1.54) is 57.3 Å². The molecule has 8 aromatic rings. The number of para-hydroxylation sites is 1. The molecule has 258 valence electrons. The summed E-state index contributed by atoms with van der Waals surface area (Å²) in [5, 5.41) is 0. The highest BCUT2D eigenvalue weighted by Crippen LogP contribution is 2.44. The molecule has 0 spiro atoms. The van der Waals surface area contributed by atoms with Crippen LogP contribution < -0.4 is 4.90 Å². The van der Waals surface area contributed by atoms with Gasteiger partial charge in [-0.25, -0.2) is 0 Å². The van der Waals surface area contributed by atoms with E-state index in [1.54, 1.807) is 0 Å². The molecule has 0 saturated carbocycles. The molecule has 0 aliphatic heterocycles. The highest BCUT2D eigenvalue weighted by molar-refractivity contribution is 5.93. The van der Waals surface area contributed by atoms with Crippen molar-refractivity contribution in [2.24, 2.45) is 0 Å². The molecule has 0 fully saturated rings. The number of hydrogen-bond donors (Lipinski definition) is 0. The summed E-state index contributed by atoms with van der Waals surface area (Å²) in [5.74, 6) is 0. The Balaban J connectivity index is 0.00000104. The molecule has 0 saturated heterocycles. The Morgan fingerprint density at radius 2 is 0.698 bits per heavy atom. The van der Waals surface area contributed by atoms with Crippen LogP contribution in [0.4, 0.5) is 17.1 Å². The van der Waals surface area contributed by atoms with Crippen LogP contribution >= 0.6 is 0 Å². The molecule has 0 amide bonds. The monoisotopic (exact) mass is 683 g/mol. The van der Waals surface area contributed by atoms with E-state index < -0.39 is 0 Å². The van der Waals surface area contributed by atoms with Crippen molar-refractivity contribution >= 4 is 17.1 Å². The minimum absolute atomic E-state index is 1.10. The third-order valence-corrected chi connectivity index (χ3v) is 9.57. The highest BCUT2D eigenvalue weighted by atomic mass is 15.1. The summed E-state index contributed by atoms with van der Waals surface area (Å²) < 4.78 is 0. The average molecular weight is 684 g/mol. The molecular formula is C52H45N. The maximum atomic E-state index is 2.40. The van der Waals surface area contributed by atoms with Gasteiger partial charge in [0, 0.05) is 16.9 Å². The summed E-state index contributed by atoms with van der Waals surface area (Å²) in [6.07, 6.45) is 2.64. The molecule has 53 heavy (non-hydrogen) atoms. The van der Waals surface area contributed by atoms with Crippen LogP contribution in [0.15, 0.2) is 212 Å². The molecule has 0 aliphatic carbocycles. The zero-order chi connectivity index (χ0) is 36.2. The van der Waals surface area contributed by atoms with Gasteiger partial charge in [0.15, 0.2) is 0 Å². The lowest BCUT2D eigenvalue weighted by Gasteiger charge is -2.29. The molecule has 8 rings (SSSR count). The fourth-order valence-corrected chi connectivity index (χ4v) is 6.69. The van der Waals surface area contributed by atoms with Crippen molar-refractivity contribution in [1.82, 2.24) is 0 Å². The number of hydrogen-bond acceptors (Lipinski definition) is 1. The van der Waals surface area contributed by atoms with E-state index in [4.69, 9.17) is 0 Å². The summed E-state index contributed by atoms with van der Waals surface area (Å²) in [7, 11) is 0. The molecule has 0 N–H and O–H groups in total. The summed E-state index contributed by atoms with van der Waals surface area (Å²) in [5.41, 5.74) is 15.2. The first-order chi connectivity index (χ1) is 26.2. The van der Waals surface area contributed by atoms with E-state index in [1.807, 2.05) is 0 Å². The summed E-state index contributed by atoms with van der Waals surface area (Å²) in [6.45, 7) is 4.36. The van der Waals surface area contributed by atoms with Gasteiger partial charge in [-0.1, -0.05) is 203 Å². The number of nitrogens with zero attached hydrogens (tertiary/aromatic N) is 1. The zero-order valence-corrected chi connectivity index (χ0v) is 30.6. The number of anilines is 3. The lowest BCUT2D eigenvalue weighted by Crippen LogP contribution is -2.11. The quantitative estimate of drug-likeness (QED) is 0.146. The van der Waals surface area contributed by atoms with E-state index in [0.717, 1.165) is 28.2 Å². The van der Waals surface area contributed by atoms with Crippen molar-refractivity contribution in [1.29, 1.82) is 0 Å². The molecule has 1 nitrogen and oxygen atoms in total. The van der Waals surface area contributed by atoms with Crippen LogP contribution in [0.25, 0.3) is 55.6 Å². The molecule has 0 aliphatic rings. The number of rotatable bonds is 9. The molecule has 0 aromatic heterocycles. The topological polar surface area (TPSA) is 3.24 Å². The smallest absolute Gasteiger partial charge is 0.0540 e. The fourth-order valence-electron chi connectivity index (χ4n) is 6.69. The Bertz CT molecular complexity index is 2260. The normalized spacial score (nSPS) is 10.6. The van der Waals surface area contributed by atoms with Gasteiger partial charge in [-0.3, -0.25) is 0 Å². The Labute approximate surface area is 315 Å². The van der Waals surface area contributed by atoms with Gasteiger partial charge in [0.25, 0.3) is 0 Å². The van der Waals surface area contributed by atoms with Crippen molar-refractivity contribution in [3.8, 4) is 55.6 Å². The zero-order valence-electron chi connectivity index (χ0n) is 30.6. The Morgan fingerprint density at radius 1 is 0.283 bits per heavy atom. The standard InChI is InChI=1S/C48H35N.C4H10/c1-5-17-36(18-6-1)40-25-15-27-43(33-40)49(44-28-16-26-41(34-44)37-19-7-2-8-20-37)48-30-14-13-29-46(48)42-31-32-45(38-21-9-3-10-22-38)47(35-42)39-23-11-4-12-24-39;1-3-4-2/h1-35H;3-4H2,1-2H3. The fraction of sp³-hybridized carbons (Fsp3) is 0.0769. The first-order valence-electron chi connectivity index (χ1n) is 18.7. The van der Waals surface area contributed by atoms with Gasteiger partial charge in [-0.05, 0) is 86.5 Å². The van der Waals surface area contributed by atoms with Crippen LogP contribution in [0, 0.1) is 0 Å². The highest BCUT2D eigenvalue weighted by Gasteiger charge is 2.19. The van der Waals surface area contributed by atoms with Crippen LogP contribution in [-0.2, 0) is 0 Å². The van der Waals surface area contributed by atoms with Gasteiger partial charge in [0.1, 0.15) is 0 Å². The van der Waals surface area contributed by atoms with Gasteiger partial charge < -0.3 is 4.90 Å². The van der Waals surface area contributed by atoms with E-state index in [9.17, 15) is 0 Å². The van der Waals surface area contributed by atoms with Gasteiger partial charge >= 0.3 is 0 Å². The van der Waals surface area contributed by atoms with Gasteiger partial charge in [-0.15, -0.1) is 0 Å². The van der Waals surface area contributed by atoms with Crippen LogP contribution in [-0.4, -0.2) is 0 Å². The summed E-state index contributed by atoms with van der Waals surface area (Å²) >= 11 is 0. The largest absolute Gasteiger partial charge is 0.310 e. The Kier molecular flexibility index (Phi) is 11.3. The second-order valence-corrected chi connectivity index (χ2v) is 13.2. The molecule has 0 atom stereocenters. The van der Waals surface area contributed by atoms with Crippen LogP contribution in [0.2, 0.25) is 0 Å². The van der Waals surface area contributed by atoms with Crippen molar-refractivity contribution < 1.29 is 0 Å². The van der Waals surface area contributed by atoms with Crippen LogP contribution in [0.1, 0.15) is 26.7 Å². The van der Waals surface area contributed by atoms with Gasteiger partial charge in [0.05, 0.1) is 5.69 Å². The van der Waals surface area contributed by atoms with Crippen molar-refractivity contribution in [2.45, 2.75) is 26.7 Å². The summed E-state index contributed by atoms with van der Waals surface area (Å²) in [6, 6.07) is 76.0. The first-order valence-corrected chi connectivity index (χ1v) is 18.7. The maximum Gasteiger partial charge on any atom is 0.0540 e. The molecular weight excluding hydrogens is 639 g/mol. The van der Waals surface area contributed by atoms with E-state index >= 15 is 0 Å². The maximum absolute atomic E-state index is 2.40. The molecule has 1 heteroatoms. The molecule has 8 aromatic carbocycles. The number of unbranched alkanes of at least 4 members (excludes halogenated alkanes) is 1. The first kappa shape index (κ1) is 35.0. The lowest BCUT2D eigenvalue weighted by atomic mass is 9.90. The van der Waals surface area contributed by atoms with Gasteiger partial charge in [0.2, 0.25) is 0 Å². The lowest BCUT2D eigenvalue weighted by molar-refractivity contribution is 0.886. The van der Waals surface area contributed by atoms with Crippen molar-refractivity contribution in [3.05, 3.63) is 212 Å². The molecule has 0 radical (unpaired) electrons. The minimum Gasteiger partial charge on any atom is -0.310 e. The van der Waals surface area contributed by atoms with E-state index in [0.29, 0.717) is 0 Å². The second-order valence-electron chi connectivity index (χ2n) is 13.2.